The van der Waals surface area contributed by atoms with Crippen LogP contribution in [-0.2, 0) is 6.54 Å². The van der Waals surface area contributed by atoms with Crippen LogP contribution in [-0.4, -0.2) is 10.4 Å². The molecule has 3 rings (SSSR count). The molecule has 3 nitrogen and oxygen atoms in total. The van der Waals surface area contributed by atoms with Gasteiger partial charge in [-0.05, 0) is 36.6 Å². The minimum atomic E-state index is 0.0453. The molecule has 0 saturated heterocycles. The summed E-state index contributed by atoms with van der Waals surface area (Å²) >= 11 is 0. The fourth-order valence-electron chi connectivity index (χ4n) is 2.52. The van der Waals surface area contributed by atoms with E-state index in [1.165, 1.54) is 0 Å². The summed E-state index contributed by atoms with van der Waals surface area (Å²) in [7, 11) is 0. The highest BCUT2D eigenvalue weighted by Gasteiger charge is 2.11. The highest BCUT2D eigenvalue weighted by atomic mass is 16.1. The lowest BCUT2D eigenvalue weighted by Crippen LogP contribution is -2.11. The Balaban J connectivity index is 1.92. The minimum absolute atomic E-state index is 0.0453. The summed E-state index contributed by atoms with van der Waals surface area (Å²) < 4.78 is 2.02. The second-order valence-electron chi connectivity index (χ2n) is 5.04. The van der Waals surface area contributed by atoms with Crippen LogP contribution in [0.3, 0.4) is 0 Å². The number of carbonyl (C=O) groups excluding carboxylic acids is 1. The van der Waals surface area contributed by atoms with Gasteiger partial charge in [0.15, 0.2) is 5.78 Å². The van der Waals surface area contributed by atoms with Gasteiger partial charge in [0.05, 0.1) is 18.2 Å². The minimum Gasteiger partial charge on any atom is -0.337 e. The van der Waals surface area contributed by atoms with Crippen molar-refractivity contribution in [1.29, 1.82) is 5.26 Å². The Morgan fingerprint density at radius 1 is 1.14 bits per heavy atom. The number of ketones is 1. The molecule has 0 unspecified atom stereocenters. The molecule has 0 aliphatic heterocycles. The van der Waals surface area contributed by atoms with Gasteiger partial charge in [0, 0.05) is 16.8 Å². The van der Waals surface area contributed by atoms with Gasteiger partial charge >= 0.3 is 0 Å². The molecule has 0 radical (unpaired) electrons. The number of benzene rings is 2. The maximum Gasteiger partial charge on any atom is 0.182 e. The van der Waals surface area contributed by atoms with Crippen LogP contribution >= 0.6 is 0 Å². The van der Waals surface area contributed by atoms with E-state index in [-0.39, 0.29) is 5.78 Å². The zero-order valence-corrected chi connectivity index (χ0v) is 11.7. The molecular formula is C18H14N2O. The van der Waals surface area contributed by atoms with Crippen LogP contribution in [0.2, 0.25) is 0 Å². The number of fused-ring (bicyclic) bond motifs is 1. The monoisotopic (exact) mass is 274 g/mol. The predicted molar refractivity (Wildman–Crippen MR) is 82.2 cm³/mol. The first kappa shape index (κ1) is 13.1. The summed E-state index contributed by atoms with van der Waals surface area (Å²) in [4.78, 5) is 12.4. The maximum absolute atomic E-state index is 12.4. The van der Waals surface area contributed by atoms with E-state index in [0.717, 1.165) is 16.6 Å². The smallest absolute Gasteiger partial charge is 0.182 e. The lowest BCUT2D eigenvalue weighted by atomic mass is 10.1. The molecule has 0 aliphatic rings. The predicted octanol–water partition coefficient (Wildman–Crippen LogP) is 3.70. The fourth-order valence-corrected chi connectivity index (χ4v) is 2.52. The summed E-state index contributed by atoms with van der Waals surface area (Å²) in [6.45, 7) is 2.32. The Morgan fingerprint density at radius 2 is 1.86 bits per heavy atom. The zero-order chi connectivity index (χ0) is 14.8. The highest BCUT2D eigenvalue weighted by Crippen LogP contribution is 2.19. The van der Waals surface area contributed by atoms with E-state index in [2.05, 4.69) is 12.1 Å². The Morgan fingerprint density at radius 3 is 2.57 bits per heavy atom. The number of aryl methyl sites for hydroxylation is 1. The first-order valence-electron chi connectivity index (χ1n) is 6.77. The lowest BCUT2D eigenvalue weighted by molar-refractivity contribution is 0.0973. The van der Waals surface area contributed by atoms with Gasteiger partial charge in [-0.1, -0.05) is 30.3 Å². The van der Waals surface area contributed by atoms with Crippen LogP contribution in [0.5, 0.6) is 0 Å². The van der Waals surface area contributed by atoms with Crippen molar-refractivity contribution in [3.63, 3.8) is 0 Å². The van der Waals surface area contributed by atoms with Crippen LogP contribution in [0.25, 0.3) is 10.9 Å². The molecule has 0 amide bonds. The maximum atomic E-state index is 12.4. The van der Waals surface area contributed by atoms with Crippen molar-refractivity contribution in [1.82, 2.24) is 4.57 Å². The lowest BCUT2D eigenvalue weighted by Gasteiger charge is -2.07. The molecular weight excluding hydrogens is 260 g/mol. The molecule has 3 heteroatoms. The average molecular weight is 274 g/mol. The van der Waals surface area contributed by atoms with Gasteiger partial charge in [0.2, 0.25) is 0 Å². The second-order valence-corrected chi connectivity index (χ2v) is 5.04. The Bertz CT molecular complexity index is 851. The molecule has 1 heterocycles. The third kappa shape index (κ3) is 2.44. The molecule has 0 fully saturated rings. The zero-order valence-electron chi connectivity index (χ0n) is 11.7. The number of para-hydroxylation sites is 1. The molecule has 0 N–H and O–H groups in total. The summed E-state index contributed by atoms with van der Waals surface area (Å²) in [5, 5.41) is 9.93. The summed E-state index contributed by atoms with van der Waals surface area (Å²) in [5.41, 5.74) is 3.33. The number of hydrogen-bond donors (Lipinski definition) is 0. The van der Waals surface area contributed by atoms with Crippen molar-refractivity contribution in [2.45, 2.75) is 13.5 Å². The van der Waals surface area contributed by atoms with E-state index < -0.39 is 0 Å². The Hall–Kier alpha value is -2.86. The van der Waals surface area contributed by atoms with Crippen molar-refractivity contribution in [2.24, 2.45) is 0 Å². The number of aromatic nitrogens is 1. The molecule has 1 aromatic heterocycles. The average Bonchev–Trinajstić information content (AvgIpc) is 2.83. The number of Topliss-reactive ketones (excluding diaryl/α,β-unsaturated/α-hetero) is 1. The number of nitrogens with zero attached hydrogens (tertiary/aromatic N) is 2. The third-order valence-corrected chi connectivity index (χ3v) is 3.66. The van der Waals surface area contributed by atoms with Crippen molar-refractivity contribution in [2.75, 3.05) is 0 Å². The van der Waals surface area contributed by atoms with Crippen LogP contribution in [0, 0.1) is 18.3 Å². The number of hydrogen-bond acceptors (Lipinski definition) is 2. The van der Waals surface area contributed by atoms with Crippen LogP contribution in [0.4, 0.5) is 0 Å². The van der Waals surface area contributed by atoms with Gasteiger partial charge in [-0.2, -0.15) is 5.26 Å². The van der Waals surface area contributed by atoms with Gasteiger partial charge < -0.3 is 4.57 Å². The van der Waals surface area contributed by atoms with Crippen LogP contribution in [0.1, 0.15) is 21.6 Å². The molecule has 0 bridgehead atoms. The standard InChI is InChI=1S/C18H14N2O/c1-13-10-16-4-2-3-5-17(16)20(13)12-18(21)15-8-6-14(11-19)7-9-15/h2-10H,12H2,1H3. The van der Waals surface area contributed by atoms with Gasteiger partial charge in [-0.3, -0.25) is 4.79 Å². The van der Waals surface area contributed by atoms with Crippen LogP contribution in [0.15, 0.2) is 54.6 Å². The number of rotatable bonds is 3. The van der Waals surface area contributed by atoms with Crippen molar-refractivity contribution in [3.8, 4) is 6.07 Å². The van der Waals surface area contributed by atoms with E-state index in [1.54, 1.807) is 24.3 Å². The molecule has 3 aromatic rings. The molecule has 102 valence electrons. The van der Waals surface area contributed by atoms with Crippen LogP contribution < -0.4 is 0 Å². The van der Waals surface area contributed by atoms with E-state index in [9.17, 15) is 4.79 Å². The summed E-state index contributed by atoms with van der Waals surface area (Å²) in [5.74, 6) is 0.0453. The second kappa shape index (κ2) is 5.26. The summed E-state index contributed by atoms with van der Waals surface area (Å²) in [6.07, 6.45) is 0. The Kier molecular flexibility index (Phi) is 3.29. The van der Waals surface area contributed by atoms with Gasteiger partial charge in [-0.25, -0.2) is 0 Å². The summed E-state index contributed by atoms with van der Waals surface area (Å²) in [6, 6.07) is 18.9. The van der Waals surface area contributed by atoms with E-state index in [4.69, 9.17) is 5.26 Å². The molecule has 0 saturated carbocycles. The molecule has 2 aromatic carbocycles. The van der Waals surface area contributed by atoms with Gasteiger partial charge in [-0.15, -0.1) is 0 Å². The first-order chi connectivity index (χ1) is 10.2. The first-order valence-corrected chi connectivity index (χ1v) is 6.77. The van der Waals surface area contributed by atoms with E-state index >= 15 is 0 Å². The molecule has 21 heavy (non-hydrogen) atoms. The van der Waals surface area contributed by atoms with Gasteiger partial charge in [0.1, 0.15) is 0 Å². The topological polar surface area (TPSA) is 45.8 Å². The number of carbonyl (C=O) groups is 1. The Labute approximate surface area is 123 Å². The van der Waals surface area contributed by atoms with E-state index in [1.807, 2.05) is 35.8 Å². The quantitative estimate of drug-likeness (QED) is 0.683. The largest absolute Gasteiger partial charge is 0.337 e. The third-order valence-electron chi connectivity index (χ3n) is 3.66. The SMILES string of the molecule is Cc1cc2ccccc2n1CC(=O)c1ccc(C#N)cc1. The number of nitriles is 1. The van der Waals surface area contributed by atoms with Crippen molar-refractivity contribution >= 4 is 16.7 Å². The normalized spacial score (nSPS) is 10.5. The van der Waals surface area contributed by atoms with Crippen molar-refractivity contribution in [3.05, 3.63) is 71.4 Å². The molecule has 0 aliphatic carbocycles. The molecule has 0 atom stereocenters. The van der Waals surface area contributed by atoms with E-state index in [0.29, 0.717) is 17.7 Å². The molecule has 0 spiro atoms. The fraction of sp³-hybridized carbons (Fsp3) is 0.111. The highest BCUT2D eigenvalue weighted by molar-refractivity contribution is 5.97. The van der Waals surface area contributed by atoms with Gasteiger partial charge in [0.25, 0.3) is 0 Å². The van der Waals surface area contributed by atoms with Crippen molar-refractivity contribution < 1.29 is 4.79 Å².